The molecular weight excluding hydrogens is 386 g/mol. The fourth-order valence-corrected chi connectivity index (χ4v) is 4.10. The number of thioether (sulfide) groups is 1. The Morgan fingerprint density at radius 3 is 2.46 bits per heavy atom. The van der Waals surface area contributed by atoms with Crippen LogP contribution in [0.5, 0.6) is 0 Å². The van der Waals surface area contributed by atoms with Crippen molar-refractivity contribution in [2.24, 2.45) is 10.9 Å². The van der Waals surface area contributed by atoms with Gasteiger partial charge >= 0.3 is 18.3 Å². The van der Waals surface area contributed by atoms with E-state index in [1.54, 1.807) is 24.3 Å². The number of alkyl halides is 6. The van der Waals surface area contributed by atoms with Crippen LogP contribution in [0.3, 0.4) is 0 Å². The van der Waals surface area contributed by atoms with Crippen LogP contribution in [0.4, 0.5) is 32.0 Å². The summed E-state index contributed by atoms with van der Waals surface area (Å²) in [6.07, 6.45) is -11.6. The summed E-state index contributed by atoms with van der Waals surface area (Å²) < 4.78 is 86.5. The summed E-state index contributed by atoms with van der Waals surface area (Å²) in [4.78, 5) is 16.8. The van der Waals surface area contributed by atoms with Crippen molar-refractivity contribution in [3.05, 3.63) is 24.3 Å². The van der Waals surface area contributed by atoms with Crippen molar-refractivity contribution in [2.75, 3.05) is 18.1 Å². The van der Waals surface area contributed by atoms with Crippen LogP contribution in [0.15, 0.2) is 34.2 Å². The second-order valence-electron chi connectivity index (χ2n) is 5.64. The Kier molecular flexibility index (Phi) is 4.40. The fourth-order valence-electron chi connectivity index (χ4n) is 3.00. The molecule has 0 N–H and O–H groups in total. The number of esters is 1. The van der Waals surface area contributed by atoms with Crippen molar-refractivity contribution in [2.45, 2.75) is 29.7 Å². The molecule has 1 unspecified atom stereocenters. The summed E-state index contributed by atoms with van der Waals surface area (Å²) >= 11 is 0.706. The molecular formula is C15H12F6N2O2S. The lowest BCUT2D eigenvalue weighted by Gasteiger charge is -2.43. The highest BCUT2D eigenvalue weighted by molar-refractivity contribution is 8.14. The number of carbonyl (C=O) groups is 1. The van der Waals surface area contributed by atoms with Crippen LogP contribution in [-0.2, 0) is 9.53 Å². The molecule has 0 bridgehead atoms. The minimum absolute atomic E-state index is 0.344. The van der Waals surface area contributed by atoms with Gasteiger partial charge in [0, 0.05) is 11.4 Å². The number of anilines is 1. The number of ether oxygens (including phenoxy) is 1. The van der Waals surface area contributed by atoms with Gasteiger partial charge in [0.15, 0.2) is 5.17 Å². The van der Waals surface area contributed by atoms with Crippen LogP contribution in [-0.4, -0.2) is 42.2 Å². The summed E-state index contributed by atoms with van der Waals surface area (Å²) in [6, 6.07) is 6.30. The molecule has 0 aromatic heterocycles. The predicted molar refractivity (Wildman–Crippen MR) is 82.0 cm³/mol. The molecule has 4 nitrogen and oxygen atoms in total. The smallest absolute Gasteiger partial charge is 0.423 e. The molecule has 0 radical (unpaired) electrons. The molecule has 0 amide bonds. The van der Waals surface area contributed by atoms with E-state index in [1.165, 1.54) is 11.8 Å². The highest BCUT2D eigenvalue weighted by Crippen LogP contribution is 2.55. The highest BCUT2D eigenvalue weighted by Gasteiger charge is 2.78. The molecule has 2 heterocycles. The number of para-hydroxylation sites is 1. The summed E-state index contributed by atoms with van der Waals surface area (Å²) in [5.74, 6) is -4.16. The Hall–Kier alpha value is -1.91. The average Bonchev–Trinajstić information content (AvgIpc) is 2.89. The number of halogens is 6. The van der Waals surface area contributed by atoms with Gasteiger partial charge in [0.05, 0.1) is 12.3 Å². The lowest BCUT2D eigenvalue weighted by Crippen LogP contribution is -2.67. The zero-order valence-corrected chi connectivity index (χ0v) is 14.0. The first-order chi connectivity index (χ1) is 12.0. The van der Waals surface area contributed by atoms with Crippen molar-refractivity contribution in [3.8, 4) is 0 Å². The highest BCUT2D eigenvalue weighted by atomic mass is 32.2. The SMILES string of the molecule is CCOC(=O)C1CN2C(=NC1(C(F)(F)F)C(F)(F)F)Sc1ccccc12. The molecule has 0 spiro atoms. The molecule has 2 aliphatic heterocycles. The van der Waals surface area contributed by atoms with Gasteiger partial charge in [-0.25, -0.2) is 4.99 Å². The maximum Gasteiger partial charge on any atom is 0.423 e. The maximum absolute atomic E-state index is 13.7. The van der Waals surface area contributed by atoms with Gasteiger partial charge < -0.3 is 9.64 Å². The maximum atomic E-state index is 13.7. The number of carbonyl (C=O) groups excluding carboxylic acids is 1. The van der Waals surface area contributed by atoms with E-state index < -0.39 is 41.5 Å². The molecule has 1 aromatic rings. The van der Waals surface area contributed by atoms with E-state index in [1.807, 2.05) is 0 Å². The van der Waals surface area contributed by atoms with Crippen LogP contribution >= 0.6 is 11.8 Å². The zero-order valence-electron chi connectivity index (χ0n) is 13.2. The van der Waals surface area contributed by atoms with E-state index >= 15 is 0 Å². The largest absolute Gasteiger partial charge is 0.466 e. The first-order valence-electron chi connectivity index (χ1n) is 7.47. The lowest BCUT2D eigenvalue weighted by atomic mass is 9.81. The van der Waals surface area contributed by atoms with Gasteiger partial charge in [0.2, 0.25) is 0 Å². The van der Waals surface area contributed by atoms with Gasteiger partial charge in [-0.15, -0.1) is 0 Å². The van der Waals surface area contributed by atoms with Crippen molar-refractivity contribution < 1.29 is 35.9 Å². The van der Waals surface area contributed by atoms with E-state index in [-0.39, 0.29) is 6.61 Å². The van der Waals surface area contributed by atoms with Crippen LogP contribution in [0.1, 0.15) is 6.92 Å². The fraction of sp³-hybridized carbons (Fsp3) is 0.467. The Morgan fingerprint density at radius 1 is 1.27 bits per heavy atom. The summed E-state index contributed by atoms with van der Waals surface area (Å²) in [6.45, 7) is 0.128. The molecule has 1 atom stereocenters. The number of amidine groups is 1. The van der Waals surface area contributed by atoms with Crippen LogP contribution in [0.25, 0.3) is 0 Å². The molecule has 0 fully saturated rings. The van der Waals surface area contributed by atoms with Gasteiger partial charge in [0.25, 0.3) is 5.54 Å². The van der Waals surface area contributed by atoms with Crippen molar-refractivity contribution >= 4 is 28.6 Å². The molecule has 26 heavy (non-hydrogen) atoms. The number of hydrogen-bond donors (Lipinski definition) is 0. The number of hydrogen-bond acceptors (Lipinski definition) is 5. The van der Waals surface area contributed by atoms with E-state index in [0.717, 1.165) is 0 Å². The predicted octanol–water partition coefficient (Wildman–Crippen LogP) is 4.01. The standard InChI is InChI=1S/C15H12F6N2O2S/c1-2-25-11(24)8-7-23-9-5-3-4-6-10(9)26-12(23)22-13(8,14(16,17)18)15(19,20)21/h3-6,8H,2,7H2,1H3. The van der Waals surface area contributed by atoms with Crippen LogP contribution < -0.4 is 4.90 Å². The molecule has 1 aromatic carbocycles. The molecule has 0 saturated heterocycles. The molecule has 3 rings (SSSR count). The number of aliphatic imine (C=N–C) groups is 1. The first-order valence-corrected chi connectivity index (χ1v) is 8.29. The molecule has 2 aliphatic rings. The van der Waals surface area contributed by atoms with Crippen molar-refractivity contribution in [3.63, 3.8) is 0 Å². The van der Waals surface area contributed by atoms with Gasteiger partial charge in [-0.2, -0.15) is 26.3 Å². The minimum atomic E-state index is -5.82. The molecule has 142 valence electrons. The first kappa shape index (κ1) is 18.9. The van der Waals surface area contributed by atoms with E-state index in [9.17, 15) is 31.1 Å². The minimum Gasteiger partial charge on any atom is -0.466 e. The van der Waals surface area contributed by atoms with Crippen molar-refractivity contribution in [1.82, 2.24) is 0 Å². The third-order valence-electron chi connectivity index (χ3n) is 4.17. The molecule has 11 heteroatoms. The van der Waals surface area contributed by atoms with E-state index in [4.69, 9.17) is 0 Å². The Bertz CT molecular complexity index is 747. The van der Waals surface area contributed by atoms with Gasteiger partial charge in [0.1, 0.15) is 5.92 Å². The number of rotatable bonds is 2. The monoisotopic (exact) mass is 398 g/mol. The summed E-state index contributed by atoms with van der Waals surface area (Å²) in [7, 11) is 0. The summed E-state index contributed by atoms with van der Waals surface area (Å²) in [5.41, 5.74) is -4.14. The zero-order chi connectivity index (χ0) is 19.3. The Balaban J connectivity index is 2.21. The number of benzene rings is 1. The second kappa shape index (κ2) is 6.07. The quantitative estimate of drug-likeness (QED) is 0.558. The third kappa shape index (κ3) is 2.63. The van der Waals surface area contributed by atoms with Crippen molar-refractivity contribution in [1.29, 1.82) is 0 Å². The lowest BCUT2D eigenvalue weighted by molar-refractivity contribution is -0.309. The van der Waals surface area contributed by atoms with Gasteiger partial charge in [-0.1, -0.05) is 12.1 Å². The number of fused-ring (bicyclic) bond motifs is 3. The Morgan fingerprint density at radius 2 is 1.88 bits per heavy atom. The normalized spacial score (nSPS) is 21.7. The van der Waals surface area contributed by atoms with E-state index in [0.29, 0.717) is 22.3 Å². The Labute approximate surface area is 148 Å². The van der Waals surface area contributed by atoms with Crippen LogP contribution in [0, 0.1) is 5.92 Å². The van der Waals surface area contributed by atoms with Crippen LogP contribution in [0.2, 0.25) is 0 Å². The second-order valence-corrected chi connectivity index (χ2v) is 6.65. The summed E-state index contributed by atoms with van der Waals surface area (Å²) in [5, 5.41) is -0.443. The third-order valence-corrected chi connectivity index (χ3v) is 5.22. The van der Waals surface area contributed by atoms with Gasteiger partial charge in [-0.05, 0) is 30.8 Å². The van der Waals surface area contributed by atoms with Gasteiger partial charge in [-0.3, -0.25) is 4.79 Å². The average molecular weight is 398 g/mol. The topological polar surface area (TPSA) is 41.9 Å². The number of nitrogens with zero attached hydrogens (tertiary/aromatic N) is 2. The van der Waals surface area contributed by atoms with E-state index in [2.05, 4.69) is 9.73 Å². The molecule has 0 saturated carbocycles. The molecule has 0 aliphatic carbocycles.